The molecule has 0 saturated carbocycles. The molecule has 1 aliphatic rings. The van der Waals surface area contributed by atoms with Gasteiger partial charge in [-0.1, -0.05) is 29.8 Å². The Hall–Kier alpha value is -1.57. The number of hydrogen-bond acceptors (Lipinski definition) is 3. The van der Waals surface area contributed by atoms with Crippen molar-refractivity contribution in [2.75, 3.05) is 6.61 Å². The van der Waals surface area contributed by atoms with Crippen molar-refractivity contribution in [3.8, 4) is 0 Å². The van der Waals surface area contributed by atoms with E-state index in [2.05, 4.69) is 0 Å². The van der Waals surface area contributed by atoms with Crippen LogP contribution in [0.3, 0.4) is 0 Å². The van der Waals surface area contributed by atoms with Gasteiger partial charge in [0.2, 0.25) is 0 Å². The molecule has 2 aromatic rings. The summed E-state index contributed by atoms with van der Waals surface area (Å²) in [6.45, 7) is 1.76. The van der Waals surface area contributed by atoms with Crippen molar-refractivity contribution < 1.29 is 26.3 Å². The average molecular weight is 419 g/mol. The smallest absolute Gasteiger partial charge is 0.373 e. The van der Waals surface area contributed by atoms with E-state index >= 15 is 0 Å². The number of alkyl halides is 3. The summed E-state index contributed by atoms with van der Waals surface area (Å²) in [5, 5.41) is 0.550. The van der Waals surface area contributed by atoms with Crippen molar-refractivity contribution in [1.82, 2.24) is 0 Å². The molecule has 1 fully saturated rings. The van der Waals surface area contributed by atoms with E-state index in [0.717, 1.165) is 17.7 Å². The minimum atomic E-state index is -4.60. The van der Waals surface area contributed by atoms with Gasteiger partial charge < -0.3 is 4.74 Å². The van der Waals surface area contributed by atoms with Crippen LogP contribution in [-0.2, 0) is 20.8 Å². The lowest BCUT2D eigenvalue weighted by Gasteiger charge is -2.38. The van der Waals surface area contributed by atoms with Gasteiger partial charge in [-0.15, -0.1) is 0 Å². The van der Waals surface area contributed by atoms with E-state index in [1.54, 1.807) is 31.2 Å². The molecule has 0 aliphatic carbocycles. The van der Waals surface area contributed by atoms with Crippen molar-refractivity contribution in [1.29, 1.82) is 0 Å². The number of hydrogen-bond donors (Lipinski definition) is 0. The van der Waals surface area contributed by atoms with Crippen molar-refractivity contribution in [2.24, 2.45) is 0 Å². The second kappa shape index (κ2) is 7.11. The molecule has 0 amide bonds. The Kier molecular flexibility index (Phi) is 5.31. The van der Waals surface area contributed by atoms with Crippen LogP contribution in [0, 0.1) is 0 Å². The molecule has 27 heavy (non-hydrogen) atoms. The first-order valence-electron chi connectivity index (χ1n) is 8.32. The highest BCUT2D eigenvalue weighted by Crippen LogP contribution is 2.42. The second-order valence-corrected chi connectivity index (χ2v) is 9.74. The van der Waals surface area contributed by atoms with Gasteiger partial charge in [-0.05, 0) is 55.7 Å². The topological polar surface area (TPSA) is 43.4 Å². The lowest BCUT2D eigenvalue weighted by Crippen LogP contribution is -2.42. The van der Waals surface area contributed by atoms with E-state index in [1.165, 1.54) is 6.07 Å². The predicted molar refractivity (Wildman–Crippen MR) is 96.4 cm³/mol. The summed E-state index contributed by atoms with van der Waals surface area (Å²) in [6, 6.07) is 10.8. The van der Waals surface area contributed by atoms with Crippen LogP contribution < -0.4 is 0 Å². The Bertz CT molecular complexity index is 926. The van der Waals surface area contributed by atoms with E-state index in [1.807, 2.05) is 0 Å². The third-order valence-corrected chi connectivity index (χ3v) is 7.72. The summed E-state index contributed by atoms with van der Waals surface area (Å²) < 4.78 is 69.8. The molecule has 146 valence electrons. The molecule has 1 heterocycles. The monoisotopic (exact) mass is 418 g/mol. The Morgan fingerprint density at radius 3 is 2.44 bits per heavy atom. The van der Waals surface area contributed by atoms with Crippen LogP contribution >= 0.6 is 11.6 Å². The third kappa shape index (κ3) is 4.00. The number of rotatable bonds is 3. The maximum atomic E-state index is 13.2. The van der Waals surface area contributed by atoms with Crippen LogP contribution in [0.1, 0.15) is 37.0 Å². The molecule has 2 atom stereocenters. The summed E-state index contributed by atoms with van der Waals surface area (Å²) >= 11 is 5.88. The van der Waals surface area contributed by atoms with Gasteiger partial charge in [0.25, 0.3) is 0 Å². The van der Waals surface area contributed by atoms with Crippen LogP contribution in [0.15, 0.2) is 53.4 Å². The van der Waals surface area contributed by atoms with Gasteiger partial charge in [0.1, 0.15) is 0 Å². The molecule has 0 N–H and O–H groups in total. The minimum absolute atomic E-state index is 0.146. The Balaban J connectivity index is 1.94. The molecule has 3 nitrogen and oxygen atoms in total. The SMILES string of the molecule is CC1(S(=O)(=O)c2cccc(C(F)(F)F)c2)CCOC(c2ccc(Cl)cc2)C1. The van der Waals surface area contributed by atoms with Crippen LogP contribution in [0.25, 0.3) is 0 Å². The van der Waals surface area contributed by atoms with Crippen molar-refractivity contribution >= 4 is 21.4 Å². The number of ether oxygens (including phenoxy) is 1. The predicted octanol–water partition coefficient (Wildman–Crippen LogP) is 5.44. The van der Waals surface area contributed by atoms with Gasteiger partial charge in [-0.2, -0.15) is 13.2 Å². The summed E-state index contributed by atoms with van der Waals surface area (Å²) in [6.07, 6.45) is -4.72. The standard InChI is InChI=1S/C19H18ClF3O3S/c1-18(9-10-26-17(12-18)13-5-7-15(20)8-6-13)27(24,25)16-4-2-3-14(11-16)19(21,22)23/h2-8,11,17H,9-10,12H2,1H3. The largest absolute Gasteiger partial charge is 0.416 e. The maximum absolute atomic E-state index is 13.2. The molecular formula is C19H18ClF3O3S. The van der Waals surface area contributed by atoms with Gasteiger partial charge >= 0.3 is 6.18 Å². The van der Waals surface area contributed by atoms with Gasteiger partial charge in [0.05, 0.1) is 21.3 Å². The lowest BCUT2D eigenvalue weighted by molar-refractivity contribution is -0.137. The zero-order valence-electron chi connectivity index (χ0n) is 14.5. The highest BCUT2D eigenvalue weighted by molar-refractivity contribution is 7.92. The summed E-state index contributed by atoms with van der Waals surface area (Å²) in [5.74, 6) is 0. The highest BCUT2D eigenvalue weighted by atomic mass is 35.5. The molecule has 0 aromatic heterocycles. The van der Waals surface area contributed by atoms with Gasteiger partial charge in [0.15, 0.2) is 9.84 Å². The Morgan fingerprint density at radius 1 is 1.15 bits per heavy atom. The van der Waals surface area contributed by atoms with E-state index in [-0.39, 0.29) is 24.3 Å². The molecule has 2 unspecified atom stereocenters. The zero-order valence-corrected chi connectivity index (χ0v) is 16.0. The molecule has 8 heteroatoms. The van der Waals surface area contributed by atoms with Gasteiger partial charge in [-0.3, -0.25) is 0 Å². The summed E-state index contributed by atoms with van der Waals surface area (Å²) in [4.78, 5) is -0.323. The van der Waals surface area contributed by atoms with E-state index in [4.69, 9.17) is 16.3 Å². The van der Waals surface area contributed by atoms with Crippen molar-refractivity contribution in [2.45, 2.75) is 41.7 Å². The fourth-order valence-electron chi connectivity index (χ4n) is 3.23. The van der Waals surface area contributed by atoms with E-state index in [9.17, 15) is 21.6 Å². The summed E-state index contributed by atoms with van der Waals surface area (Å²) in [7, 11) is -4.00. The number of sulfone groups is 1. The average Bonchev–Trinajstić information content (AvgIpc) is 2.61. The molecule has 0 radical (unpaired) electrons. The van der Waals surface area contributed by atoms with E-state index in [0.29, 0.717) is 11.1 Å². The highest BCUT2D eigenvalue weighted by Gasteiger charge is 2.45. The molecular weight excluding hydrogens is 401 g/mol. The first-order valence-corrected chi connectivity index (χ1v) is 10.2. The number of halogens is 4. The van der Waals surface area contributed by atoms with Crippen LogP contribution in [0.4, 0.5) is 13.2 Å². The van der Waals surface area contributed by atoms with Crippen LogP contribution in [-0.4, -0.2) is 19.8 Å². The quantitative estimate of drug-likeness (QED) is 0.666. The minimum Gasteiger partial charge on any atom is -0.373 e. The van der Waals surface area contributed by atoms with E-state index < -0.39 is 32.4 Å². The lowest BCUT2D eigenvalue weighted by atomic mass is 9.92. The normalized spacial score (nSPS) is 24.0. The molecule has 1 aliphatic heterocycles. The molecule has 2 aromatic carbocycles. The first kappa shape index (κ1) is 20.2. The van der Waals surface area contributed by atoms with Crippen molar-refractivity contribution in [3.05, 3.63) is 64.7 Å². The molecule has 3 rings (SSSR count). The first-order chi connectivity index (χ1) is 12.5. The molecule has 0 spiro atoms. The van der Waals surface area contributed by atoms with Gasteiger partial charge in [0, 0.05) is 11.6 Å². The fourth-order valence-corrected chi connectivity index (χ4v) is 5.19. The van der Waals surface area contributed by atoms with Crippen molar-refractivity contribution in [3.63, 3.8) is 0 Å². The number of benzene rings is 2. The maximum Gasteiger partial charge on any atom is 0.416 e. The fraction of sp³-hybridized carbons (Fsp3) is 0.368. The van der Waals surface area contributed by atoms with Gasteiger partial charge in [-0.25, -0.2) is 8.42 Å². The van der Waals surface area contributed by atoms with Crippen LogP contribution in [0.2, 0.25) is 5.02 Å². The zero-order chi connectivity index (χ0) is 19.9. The Labute approximate surface area is 161 Å². The third-order valence-electron chi connectivity index (χ3n) is 4.93. The Morgan fingerprint density at radius 2 is 1.81 bits per heavy atom. The second-order valence-electron chi connectivity index (χ2n) is 6.84. The molecule has 0 bridgehead atoms. The molecule has 1 saturated heterocycles. The van der Waals surface area contributed by atoms with Crippen LogP contribution in [0.5, 0.6) is 0 Å². The summed E-state index contributed by atoms with van der Waals surface area (Å²) in [5.41, 5.74) is -0.196.